The SMILES string of the molecule is Cc1nn(C(C)C(=O)N2CCCC2)c(=O)c2c(-n3cccc3)n(-c3ccccc3)nc12. The molecule has 158 valence electrons. The molecule has 8 heteroatoms. The lowest BCUT2D eigenvalue weighted by atomic mass is 10.2. The summed E-state index contributed by atoms with van der Waals surface area (Å²) in [5.74, 6) is 0.570. The number of hydrogen-bond donors (Lipinski definition) is 0. The highest BCUT2D eigenvalue weighted by Crippen LogP contribution is 2.25. The largest absolute Gasteiger partial charge is 0.341 e. The Kier molecular flexibility index (Phi) is 4.69. The van der Waals surface area contributed by atoms with Crippen LogP contribution >= 0.6 is 0 Å². The summed E-state index contributed by atoms with van der Waals surface area (Å²) in [6.07, 6.45) is 5.77. The molecule has 0 spiro atoms. The van der Waals surface area contributed by atoms with Crippen molar-refractivity contribution >= 4 is 16.8 Å². The predicted molar refractivity (Wildman–Crippen MR) is 118 cm³/mol. The molecule has 1 unspecified atom stereocenters. The Morgan fingerprint density at radius 2 is 1.68 bits per heavy atom. The number of rotatable bonds is 4. The number of likely N-dealkylation sites (tertiary alicyclic amines) is 1. The molecule has 1 atom stereocenters. The van der Waals surface area contributed by atoms with Gasteiger partial charge in [-0.3, -0.25) is 9.59 Å². The maximum absolute atomic E-state index is 13.7. The van der Waals surface area contributed by atoms with Gasteiger partial charge in [0.15, 0.2) is 5.82 Å². The molecule has 0 N–H and O–H groups in total. The molecule has 31 heavy (non-hydrogen) atoms. The van der Waals surface area contributed by atoms with Gasteiger partial charge in [0, 0.05) is 25.5 Å². The van der Waals surface area contributed by atoms with Crippen LogP contribution < -0.4 is 5.56 Å². The maximum atomic E-state index is 13.7. The van der Waals surface area contributed by atoms with Crippen LogP contribution in [0.25, 0.3) is 22.4 Å². The lowest BCUT2D eigenvalue weighted by Crippen LogP contribution is -2.39. The average Bonchev–Trinajstić information content (AvgIpc) is 3.55. The van der Waals surface area contributed by atoms with Crippen molar-refractivity contribution in [2.45, 2.75) is 32.7 Å². The molecule has 4 aromatic rings. The topological polar surface area (TPSA) is 78.0 Å². The van der Waals surface area contributed by atoms with Gasteiger partial charge in [-0.25, -0.2) is 9.36 Å². The van der Waals surface area contributed by atoms with Gasteiger partial charge in [0.25, 0.3) is 5.56 Å². The molecule has 1 amide bonds. The van der Waals surface area contributed by atoms with E-state index in [-0.39, 0.29) is 11.5 Å². The van der Waals surface area contributed by atoms with Crippen molar-refractivity contribution in [1.29, 1.82) is 0 Å². The van der Waals surface area contributed by atoms with Crippen LogP contribution in [0.3, 0.4) is 0 Å². The van der Waals surface area contributed by atoms with Crippen LogP contribution in [0.1, 0.15) is 31.5 Å². The van der Waals surface area contributed by atoms with Crippen molar-refractivity contribution in [3.63, 3.8) is 0 Å². The number of carbonyl (C=O) groups is 1. The van der Waals surface area contributed by atoms with Crippen molar-refractivity contribution < 1.29 is 4.79 Å². The summed E-state index contributed by atoms with van der Waals surface area (Å²) in [4.78, 5) is 28.5. The van der Waals surface area contributed by atoms with Gasteiger partial charge in [0.1, 0.15) is 16.9 Å². The van der Waals surface area contributed by atoms with E-state index in [0.717, 1.165) is 31.6 Å². The molecule has 5 rings (SSSR count). The highest BCUT2D eigenvalue weighted by Gasteiger charge is 2.29. The van der Waals surface area contributed by atoms with Crippen LogP contribution in [0.5, 0.6) is 0 Å². The fourth-order valence-corrected chi connectivity index (χ4v) is 4.26. The van der Waals surface area contributed by atoms with Crippen LogP contribution in [-0.4, -0.2) is 48.0 Å². The first-order valence-corrected chi connectivity index (χ1v) is 10.6. The first-order chi connectivity index (χ1) is 15.1. The minimum Gasteiger partial charge on any atom is -0.341 e. The summed E-state index contributed by atoms with van der Waals surface area (Å²) < 4.78 is 4.96. The van der Waals surface area contributed by atoms with E-state index in [9.17, 15) is 9.59 Å². The van der Waals surface area contributed by atoms with Gasteiger partial charge in [0.05, 0.1) is 11.4 Å². The molecule has 3 aromatic heterocycles. The Balaban J connectivity index is 1.75. The molecule has 4 heterocycles. The van der Waals surface area contributed by atoms with E-state index >= 15 is 0 Å². The fourth-order valence-electron chi connectivity index (χ4n) is 4.26. The Morgan fingerprint density at radius 1 is 1.00 bits per heavy atom. The lowest BCUT2D eigenvalue weighted by molar-refractivity contribution is -0.133. The van der Waals surface area contributed by atoms with Crippen molar-refractivity contribution in [3.05, 3.63) is 70.9 Å². The summed E-state index contributed by atoms with van der Waals surface area (Å²) in [5, 5.41) is 9.69. The standard InChI is InChI=1S/C23H24N6O2/c1-16-20-19(23(31)28(24-16)17(2)22(30)27-14-8-9-15-27)21(26-12-6-7-13-26)29(25-20)18-10-4-3-5-11-18/h3-7,10-13,17H,8-9,14-15H2,1-2H3. The van der Waals surface area contributed by atoms with E-state index in [0.29, 0.717) is 22.4 Å². The number of carbonyl (C=O) groups excluding carboxylic acids is 1. The zero-order chi connectivity index (χ0) is 21.5. The monoisotopic (exact) mass is 416 g/mol. The van der Waals surface area contributed by atoms with Gasteiger partial charge < -0.3 is 9.47 Å². The minimum atomic E-state index is -0.675. The van der Waals surface area contributed by atoms with Gasteiger partial charge in [-0.1, -0.05) is 18.2 Å². The Bertz CT molecular complexity index is 1300. The van der Waals surface area contributed by atoms with E-state index in [4.69, 9.17) is 5.10 Å². The molecule has 1 aromatic carbocycles. The number of nitrogens with zero attached hydrogens (tertiary/aromatic N) is 6. The van der Waals surface area contributed by atoms with E-state index < -0.39 is 6.04 Å². The highest BCUT2D eigenvalue weighted by molar-refractivity contribution is 5.88. The second kappa shape index (κ2) is 7.54. The third-order valence-corrected chi connectivity index (χ3v) is 5.88. The summed E-state index contributed by atoms with van der Waals surface area (Å²) in [6.45, 7) is 5.05. The molecule has 1 aliphatic heterocycles. The molecule has 1 fully saturated rings. The number of benzene rings is 1. The molecule has 1 aliphatic rings. The number of amides is 1. The van der Waals surface area contributed by atoms with E-state index in [1.165, 1.54) is 4.68 Å². The molecule has 0 radical (unpaired) electrons. The van der Waals surface area contributed by atoms with Crippen molar-refractivity contribution in [1.82, 2.24) is 29.0 Å². The zero-order valence-corrected chi connectivity index (χ0v) is 17.6. The van der Waals surface area contributed by atoms with Crippen LogP contribution in [0.2, 0.25) is 0 Å². The van der Waals surface area contributed by atoms with Crippen molar-refractivity contribution in [2.75, 3.05) is 13.1 Å². The van der Waals surface area contributed by atoms with Crippen molar-refractivity contribution in [3.8, 4) is 11.5 Å². The van der Waals surface area contributed by atoms with Crippen LogP contribution in [0.15, 0.2) is 59.7 Å². The van der Waals surface area contributed by atoms with Gasteiger partial charge in [-0.15, -0.1) is 0 Å². The first-order valence-electron chi connectivity index (χ1n) is 10.6. The minimum absolute atomic E-state index is 0.0659. The highest BCUT2D eigenvalue weighted by atomic mass is 16.2. The number of aromatic nitrogens is 5. The average molecular weight is 416 g/mol. The fraction of sp³-hybridized carbons (Fsp3) is 0.304. The van der Waals surface area contributed by atoms with E-state index in [1.807, 2.05) is 71.2 Å². The van der Waals surface area contributed by atoms with Crippen LogP contribution in [0.4, 0.5) is 0 Å². The van der Waals surface area contributed by atoms with Crippen molar-refractivity contribution in [2.24, 2.45) is 0 Å². The Hall–Kier alpha value is -3.68. The molecule has 8 nitrogen and oxygen atoms in total. The van der Waals surface area contributed by atoms with Crippen LogP contribution in [-0.2, 0) is 4.79 Å². The number of aryl methyl sites for hydroxylation is 1. The second-order valence-electron chi connectivity index (χ2n) is 7.93. The summed E-state index contributed by atoms with van der Waals surface area (Å²) in [5.41, 5.74) is 1.67. The maximum Gasteiger partial charge on any atom is 0.280 e. The van der Waals surface area contributed by atoms with Crippen LogP contribution in [0, 0.1) is 6.92 Å². The summed E-state index contributed by atoms with van der Waals surface area (Å²) >= 11 is 0. The molecular weight excluding hydrogens is 392 g/mol. The zero-order valence-electron chi connectivity index (χ0n) is 17.6. The van der Waals surface area contributed by atoms with Gasteiger partial charge in [0.2, 0.25) is 5.91 Å². The lowest BCUT2D eigenvalue weighted by Gasteiger charge is -2.21. The normalized spacial score (nSPS) is 15.0. The molecule has 0 saturated carbocycles. The Labute approximate surface area is 179 Å². The quantitative estimate of drug-likeness (QED) is 0.513. The van der Waals surface area contributed by atoms with E-state index in [1.54, 1.807) is 11.6 Å². The predicted octanol–water partition coefficient (Wildman–Crippen LogP) is 2.86. The third kappa shape index (κ3) is 3.15. The molecule has 0 aliphatic carbocycles. The molecule has 1 saturated heterocycles. The summed E-state index contributed by atoms with van der Waals surface area (Å²) in [6, 6.07) is 12.8. The van der Waals surface area contributed by atoms with E-state index in [2.05, 4.69) is 5.10 Å². The second-order valence-corrected chi connectivity index (χ2v) is 7.93. The molecular formula is C23H24N6O2. The van der Waals surface area contributed by atoms with Gasteiger partial charge in [-0.05, 0) is 51.0 Å². The number of hydrogen-bond acceptors (Lipinski definition) is 4. The molecule has 0 bridgehead atoms. The Morgan fingerprint density at radius 3 is 2.35 bits per heavy atom. The van der Waals surface area contributed by atoms with Gasteiger partial charge >= 0.3 is 0 Å². The third-order valence-electron chi connectivity index (χ3n) is 5.88. The smallest absolute Gasteiger partial charge is 0.280 e. The number of fused-ring (bicyclic) bond motifs is 1. The number of para-hydroxylation sites is 1. The van der Waals surface area contributed by atoms with Gasteiger partial charge in [-0.2, -0.15) is 10.2 Å². The first kappa shape index (κ1) is 19.3. The summed E-state index contributed by atoms with van der Waals surface area (Å²) in [7, 11) is 0.